The molecular formula is C19H24N4O. The first-order valence-corrected chi connectivity index (χ1v) is 8.16. The molecule has 0 aliphatic carbocycles. The molecule has 0 saturated heterocycles. The number of rotatable bonds is 7. The van der Waals surface area contributed by atoms with Crippen LogP contribution in [0.15, 0.2) is 59.3 Å². The standard InChI is InChI=1S/C19H24N4O/c1-15-16(14-23(21-15)17-8-5-4-6-9-17)12-20-13-18(22(2)3)19-10-7-11-24-19/h4-11,14,18,20H,12-13H2,1-3H3. The number of nitrogens with one attached hydrogen (secondary N) is 1. The van der Waals surface area contributed by atoms with E-state index in [1.165, 1.54) is 5.56 Å². The van der Waals surface area contributed by atoms with E-state index in [9.17, 15) is 0 Å². The Balaban J connectivity index is 1.64. The van der Waals surface area contributed by atoms with Crippen LogP contribution in [0, 0.1) is 6.92 Å². The molecule has 3 rings (SSSR count). The first-order chi connectivity index (χ1) is 11.6. The van der Waals surface area contributed by atoms with E-state index in [0.717, 1.165) is 30.2 Å². The molecule has 0 amide bonds. The molecule has 1 atom stereocenters. The second-order valence-electron chi connectivity index (χ2n) is 6.15. The molecule has 0 saturated carbocycles. The molecule has 0 fully saturated rings. The minimum atomic E-state index is 0.212. The third kappa shape index (κ3) is 3.75. The van der Waals surface area contributed by atoms with Crippen LogP contribution in [-0.4, -0.2) is 35.3 Å². The van der Waals surface area contributed by atoms with Crippen molar-refractivity contribution in [2.24, 2.45) is 0 Å². The Morgan fingerprint density at radius 2 is 1.96 bits per heavy atom. The van der Waals surface area contributed by atoms with E-state index >= 15 is 0 Å². The van der Waals surface area contributed by atoms with Crippen LogP contribution in [0.4, 0.5) is 0 Å². The van der Waals surface area contributed by atoms with Crippen LogP contribution < -0.4 is 5.32 Å². The summed E-state index contributed by atoms with van der Waals surface area (Å²) in [6.07, 6.45) is 3.81. The van der Waals surface area contributed by atoms with Crippen molar-refractivity contribution < 1.29 is 4.42 Å². The molecule has 0 bridgehead atoms. The lowest BCUT2D eigenvalue weighted by atomic mass is 10.2. The Bertz CT molecular complexity index is 747. The number of nitrogens with zero attached hydrogens (tertiary/aromatic N) is 3. The zero-order valence-corrected chi connectivity index (χ0v) is 14.4. The summed E-state index contributed by atoms with van der Waals surface area (Å²) in [4.78, 5) is 2.16. The van der Waals surface area contributed by atoms with E-state index in [0.29, 0.717) is 0 Å². The van der Waals surface area contributed by atoms with Gasteiger partial charge in [-0.15, -0.1) is 0 Å². The minimum absolute atomic E-state index is 0.212. The van der Waals surface area contributed by atoms with Gasteiger partial charge in [0.25, 0.3) is 0 Å². The van der Waals surface area contributed by atoms with Gasteiger partial charge >= 0.3 is 0 Å². The van der Waals surface area contributed by atoms with Crippen LogP contribution in [0.3, 0.4) is 0 Å². The van der Waals surface area contributed by atoms with E-state index < -0.39 is 0 Å². The maximum absolute atomic E-state index is 5.55. The van der Waals surface area contributed by atoms with Crippen LogP contribution in [0.5, 0.6) is 0 Å². The predicted octanol–water partition coefficient (Wildman–Crippen LogP) is 3.17. The van der Waals surface area contributed by atoms with Crippen LogP contribution >= 0.6 is 0 Å². The largest absolute Gasteiger partial charge is 0.468 e. The Labute approximate surface area is 142 Å². The van der Waals surface area contributed by atoms with Crippen molar-refractivity contribution >= 4 is 0 Å². The quantitative estimate of drug-likeness (QED) is 0.725. The summed E-state index contributed by atoms with van der Waals surface area (Å²) in [5, 5.41) is 8.13. The predicted molar refractivity (Wildman–Crippen MR) is 95.1 cm³/mol. The lowest BCUT2D eigenvalue weighted by molar-refractivity contribution is 0.250. The van der Waals surface area contributed by atoms with Gasteiger partial charge in [-0.05, 0) is 45.3 Å². The van der Waals surface area contributed by atoms with Gasteiger partial charge in [0.05, 0.1) is 23.7 Å². The molecule has 0 spiro atoms. The zero-order chi connectivity index (χ0) is 16.9. The molecule has 0 radical (unpaired) electrons. The molecule has 1 unspecified atom stereocenters. The van der Waals surface area contributed by atoms with Gasteiger partial charge in [0, 0.05) is 24.8 Å². The average Bonchev–Trinajstić information content (AvgIpc) is 3.22. The van der Waals surface area contributed by atoms with E-state index in [1.807, 2.05) is 41.9 Å². The van der Waals surface area contributed by atoms with Crippen molar-refractivity contribution in [1.29, 1.82) is 0 Å². The molecule has 1 N–H and O–H groups in total. The smallest absolute Gasteiger partial charge is 0.122 e. The van der Waals surface area contributed by atoms with Crippen molar-refractivity contribution in [3.63, 3.8) is 0 Å². The number of aromatic nitrogens is 2. The second-order valence-corrected chi connectivity index (χ2v) is 6.15. The van der Waals surface area contributed by atoms with Gasteiger partial charge in [-0.3, -0.25) is 4.90 Å². The van der Waals surface area contributed by atoms with Crippen molar-refractivity contribution in [2.45, 2.75) is 19.5 Å². The van der Waals surface area contributed by atoms with Gasteiger partial charge in [-0.1, -0.05) is 18.2 Å². The zero-order valence-electron chi connectivity index (χ0n) is 14.4. The molecule has 1 aromatic carbocycles. The Kier molecular flexibility index (Phi) is 5.13. The number of benzene rings is 1. The van der Waals surface area contributed by atoms with Gasteiger partial charge in [0.15, 0.2) is 0 Å². The first-order valence-electron chi connectivity index (χ1n) is 8.16. The van der Waals surface area contributed by atoms with E-state index in [-0.39, 0.29) is 6.04 Å². The summed E-state index contributed by atoms with van der Waals surface area (Å²) in [6.45, 7) is 3.65. The van der Waals surface area contributed by atoms with Crippen LogP contribution in [0.1, 0.15) is 23.1 Å². The highest BCUT2D eigenvalue weighted by molar-refractivity contribution is 5.32. The summed E-state index contributed by atoms with van der Waals surface area (Å²) in [5.74, 6) is 0.976. The van der Waals surface area contributed by atoms with Crippen LogP contribution in [0.25, 0.3) is 5.69 Å². The van der Waals surface area contributed by atoms with Gasteiger partial charge in [0.2, 0.25) is 0 Å². The van der Waals surface area contributed by atoms with Crippen molar-refractivity contribution in [1.82, 2.24) is 20.0 Å². The lowest BCUT2D eigenvalue weighted by Gasteiger charge is -2.22. The molecule has 0 aliphatic rings. The summed E-state index contributed by atoms with van der Waals surface area (Å²) in [6, 6.07) is 14.3. The fraction of sp³-hybridized carbons (Fsp3) is 0.316. The Hall–Kier alpha value is -2.37. The van der Waals surface area contributed by atoms with E-state index in [2.05, 4.69) is 47.7 Å². The monoisotopic (exact) mass is 324 g/mol. The fourth-order valence-corrected chi connectivity index (χ4v) is 2.74. The Morgan fingerprint density at radius 1 is 1.17 bits per heavy atom. The molecule has 2 heterocycles. The summed E-state index contributed by atoms with van der Waals surface area (Å²) in [5.41, 5.74) is 3.33. The number of hydrogen-bond acceptors (Lipinski definition) is 4. The molecule has 5 nitrogen and oxygen atoms in total. The first kappa shape index (κ1) is 16.5. The van der Waals surface area contributed by atoms with Gasteiger partial charge in [-0.25, -0.2) is 4.68 Å². The van der Waals surface area contributed by atoms with E-state index in [4.69, 9.17) is 4.42 Å². The van der Waals surface area contributed by atoms with Crippen LogP contribution in [-0.2, 0) is 6.54 Å². The number of para-hydroxylation sites is 1. The van der Waals surface area contributed by atoms with Crippen molar-refractivity contribution in [3.05, 3.63) is 71.9 Å². The molecular weight excluding hydrogens is 300 g/mol. The average molecular weight is 324 g/mol. The minimum Gasteiger partial charge on any atom is -0.468 e. The highest BCUT2D eigenvalue weighted by Crippen LogP contribution is 2.18. The maximum atomic E-state index is 5.55. The number of hydrogen-bond donors (Lipinski definition) is 1. The van der Waals surface area contributed by atoms with Gasteiger partial charge in [-0.2, -0.15) is 5.10 Å². The SMILES string of the molecule is Cc1nn(-c2ccccc2)cc1CNCC(c1ccco1)N(C)C. The van der Waals surface area contributed by atoms with Crippen molar-refractivity contribution in [3.8, 4) is 5.69 Å². The number of likely N-dealkylation sites (N-methyl/N-ethyl adjacent to an activating group) is 1. The van der Waals surface area contributed by atoms with Gasteiger partial charge < -0.3 is 9.73 Å². The molecule has 0 aliphatic heterocycles. The maximum Gasteiger partial charge on any atom is 0.122 e. The molecule has 5 heteroatoms. The summed E-state index contributed by atoms with van der Waals surface area (Å²) in [7, 11) is 4.13. The summed E-state index contributed by atoms with van der Waals surface area (Å²) < 4.78 is 7.48. The highest BCUT2D eigenvalue weighted by atomic mass is 16.3. The molecule has 3 aromatic rings. The Morgan fingerprint density at radius 3 is 2.62 bits per heavy atom. The highest BCUT2D eigenvalue weighted by Gasteiger charge is 2.16. The normalized spacial score (nSPS) is 12.7. The topological polar surface area (TPSA) is 46.2 Å². The number of aryl methyl sites for hydroxylation is 1. The lowest BCUT2D eigenvalue weighted by Crippen LogP contribution is -2.30. The van der Waals surface area contributed by atoms with E-state index in [1.54, 1.807) is 6.26 Å². The van der Waals surface area contributed by atoms with Crippen LogP contribution in [0.2, 0.25) is 0 Å². The number of furan rings is 1. The molecule has 24 heavy (non-hydrogen) atoms. The fourth-order valence-electron chi connectivity index (χ4n) is 2.74. The third-order valence-corrected chi connectivity index (χ3v) is 4.17. The van der Waals surface area contributed by atoms with Crippen molar-refractivity contribution in [2.75, 3.05) is 20.6 Å². The third-order valence-electron chi connectivity index (χ3n) is 4.17. The molecule has 2 aromatic heterocycles. The molecule has 126 valence electrons. The van der Waals surface area contributed by atoms with Gasteiger partial charge in [0.1, 0.15) is 5.76 Å². The second kappa shape index (κ2) is 7.47. The summed E-state index contributed by atoms with van der Waals surface area (Å²) >= 11 is 0.